The van der Waals surface area contributed by atoms with Crippen molar-refractivity contribution in [3.05, 3.63) is 53.6 Å². The first kappa shape index (κ1) is 18.3. The molecule has 0 radical (unpaired) electrons. The van der Waals surface area contributed by atoms with Gasteiger partial charge in [0, 0.05) is 23.0 Å². The third kappa shape index (κ3) is 2.53. The van der Waals surface area contributed by atoms with Crippen LogP contribution in [0, 0.1) is 6.92 Å². The van der Waals surface area contributed by atoms with Gasteiger partial charge in [-0.15, -0.1) is 0 Å². The van der Waals surface area contributed by atoms with E-state index in [1.807, 2.05) is 25.1 Å². The maximum atomic E-state index is 6.33. The Bertz CT molecular complexity index is 1120. The minimum atomic E-state index is 0.0386. The summed E-state index contributed by atoms with van der Waals surface area (Å²) < 4.78 is 6.33. The number of furan rings is 1. The SMILES string of the molecule is C=NC1=C(N=CC)N(C(C)C)[C@H](C)N1c1c(C)ccc2c1oc1ccccc12. The zero-order valence-electron chi connectivity index (χ0n) is 17.1. The van der Waals surface area contributed by atoms with Crippen LogP contribution >= 0.6 is 0 Å². The quantitative estimate of drug-likeness (QED) is 0.551. The summed E-state index contributed by atoms with van der Waals surface area (Å²) in [5, 5.41) is 2.23. The number of nitrogens with zero attached hydrogens (tertiary/aromatic N) is 4. The van der Waals surface area contributed by atoms with Crippen molar-refractivity contribution in [2.75, 3.05) is 4.90 Å². The van der Waals surface area contributed by atoms with E-state index in [0.717, 1.165) is 44.8 Å². The maximum absolute atomic E-state index is 6.33. The standard InChI is InChI=1S/C23H26N4O/c1-7-25-23-22(24-6)27(16(5)26(23)14(2)3)20-15(4)12-13-18-17-10-8-9-11-19(17)28-21(18)20/h7-14,16H,6H2,1-5H3/t16-/m0/s1. The predicted octanol–water partition coefficient (Wildman–Crippen LogP) is 5.69. The molecule has 1 aliphatic heterocycles. The molecule has 0 fully saturated rings. The summed E-state index contributed by atoms with van der Waals surface area (Å²) in [5.41, 5.74) is 3.92. The highest BCUT2D eigenvalue weighted by atomic mass is 16.3. The first-order valence-corrected chi connectivity index (χ1v) is 9.67. The second-order valence-corrected chi connectivity index (χ2v) is 7.40. The van der Waals surface area contributed by atoms with E-state index in [4.69, 9.17) is 4.42 Å². The van der Waals surface area contributed by atoms with Crippen LogP contribution in [0.5, 0.6) is 0 Å². The van der Waals surface area contributed by atoms with Crippen molar-refractivity contribution in [2.45, 2.75) is 46.8 Å². The Morgan fingerprint density at radius 3 is 2.54 bits per heavy atom. The Balaban J connectivity index is 2.03. The Morgan fingerprint density at radius 2 is 1.86 bits per heavy atom. The Labute approximate surface area is 165 Å². The number of rotatable bonds is 4. The van der Waals surface area contributed by atoms with E-state index in [2.05, 4.69) is 72.4 Å². The first-order valence-electron chi connectivity index (χ1n) is 9.67. The number of hydrogen-bond acceptors (Lipinski definition) is 5. The zero-order chi connectivity index (χ0) is 20.0. The number of benzene rings is 2. The molecule has 1 atom stereocenters. The predicted molar refractivity (Wildman–Crippen MR) is 118 cm³/mol. The highest BCUT2D eigenvalue weighted by Gasteiger charge is 2.39. The fourth-order valence-electron chi connectivity index (χ4n) is 4.24. The lowest BCUT2D eigenvalue weighted by Gasteiger charge is -2.34. The number of fused-ring (bicyclic) bond motifs is 3. The molecule has 5 nitrogen and oxygen atoms in total. The van der Waals surface area contributed by atoms with Crippen molar-refractivity contribution in [2.24, 2.45) is 9.98 Å². The van der Waals surface area contributed by atoms with Gasteiger partial charge in [-0.3, -0.25) is 4.90 Å². The van der Waals surface area contributed by atoms with Crippen molar-refractivity contribution in [3.8, 4) is 0 Å². The van der Waals surface area contributed by atoms with E-state index in [1.165, 1.54) is 0 Å². The fraction of sp³-hybridized carbons (Fsp3) is 0.304. The fourth-order valence-corrected chi connectivity index (χ4v) is 4.24. The molecule has 1 aliphatic rings. The van der Waals surface area contributed by atoms with E-state index in [1.54, 1.807) is 6.21 Å². The molecule has 144 valence electrons. The molecule has 2 aromatic carbocycles. The van der Waals surface area contributed by atoms with Gasteiger partial charge < -0.3 is 9.32 Å². The Kier molecular flexibility index (Phi) is 4.46. The number of hydrogen-bond donors (Lipinski definition) is 0. The van der Waals surface area contributed by atoms with Crippen LogP contribution in [0.4, 0.5) is 5.69 Å². The molecule has 0 aliphatic carbocycles. The van der Waals surface area contributed by atoms with Crippen molar-refractivity contribution in [1.82, 2.24) is 4.90 Å². The first-order chi connectivity index (χ1) is 13.5. The number of aliphatic imine (C=N–C) groups is 2. The van der Waals surface area contributed by atoms with Crippen molar-refractivity contribution in [3.63, 3.8) is 0 Å². The molecular weight excluding hydrogens is 348 g/mol. The van der Waals surface area contributed by atoms with Crippen LogP contribution in [-0.4, -0.2) is 30.0 Å². The van der Waals surface area contributed by atoms with Crippen LogP contribution in [0.2, 0.25) is 0 Å². The van der Waals surface area contributed by atoms with Gasteiger partial charge in [-0.25, -0.2) is 9.98 Å². The largest absolute Gasteiger partial charge is 0.454 e. The molecule has 0 bridgehead atoms. The van der Waals surface area contributed by atoms with E-state index in [9.17, 15) is 0 Å². The lowest BCUT2D eigenvalue weighted by Crippen LogP contribution is -2.41. The molecule has 2 heterocycles. The molecule has 1 aromatic heterocycles. The van der Waals surface area contributed by atoms with Gasteiger partial charge in [0.15, 0.2) is 17.2 Å². The summed E-state index contributed by atoms with van der Waals surface area (Å²) in [5.74, 6) is 1.60. The molecular formula is C23H26N4O. The topological polar surface area (TPSA) is 44.3 Å². The molecule has 0 N–H and O–H groups in total. The van der Waals surface area contributed by atoms with E-state index >= 15 is 0 Å². The van der Waals surface area contributed by atoms with Gasteiger partial charge in [-0.05, 0) is 53.0 Å². The molecule has 4 rings (SSSR count). The molecule has 0 unspecified atom stereocenters. The van der Waals surface area contributed by atoms with Crippen LogP contribution in [0.15, 0.2) is 62.4 Å². The van der Waals surface area contributed by atoms with Crippen molar-refractivity contribution in [1.29, 1.82) is 0 Å². The molecule has 28 heavy (non-hydrogen) atoms. The van der Waals surface area contributed by atoms with Crippen LogP contribution < -0.4 is 4.90 Å². The zero-order valence-corrected chi connectivity index (χ0v) is 17.1. The van der Waals surface area contributed by atoms with Gasteiger partial charge in [-0.2, -0.15) is 0 Å². The minimum absolute atomic E-state index is 0.0386. The average Bonchev–Trinajstić information content (AvgIpc) is 3.17. The summed E-state index contributed by atoms with van der Waals surface area (Å²) in [6.07, 6.45) is 1.84. The third-order valence-electron chi connectivity index (χ3n) is 5.37. The van der Waals surface area contributed by atoms with Gasteiger partial charge in [0.2, 0.25) is 0 Å². The van der Waals surface area contributed by atoms with Crippen LogP contribution in [0.25, 0.3) is 21.9 Å². The summed E-state index contributed by atoms with van der Waals surface area (Å²) in [6.45, 7) is 14.4. The van der Waals surface area contributed by atoms with Crippen LogP contribution in [-0.2, 0) is 0 Å². The van der Waals surface area contributed by atoms with Crippen LogP contribution in [0.3, 0.4) is 0 Å². The molecule has 0 saturated carbocycles. The van der Waals surface area contributed by atoms with E-state index in [-0.39, 0.29) is 12.2 Å². The number of para-hydroxylation sites is 1. The van der Waals surface area contributed by atoms with Gasteiger partial charge >= 0.3 is 0 Å². The Hall–Kier alpha value is -3.08. The lowest BCUT2D eigenvalue weighted by atomic mass is 10.1. The molecule has 5 heteroatoms. The second-order valence-electron chi connectivity index (χ2n) is 7.40. The molecule has 3 aromatic rings. The summed E-state index contributed by atoms with van der Waals surface area (Å²) in [7, 11) is 0. The normalized spacial score (nSPS) is 17.9. The second kappa shape index (κ2) is 6.82. The van der Waals surface area contributed by atoms with Gasteiger partial charge in [0.1, 0.15) is 11.7 Å². The van der Waals surface area contributed by atoms with Gasteiger partial charge in [0.05, 0.1) is 5.69 Å². The monoisotopic (exact) mass is 374 g/mol. The van der Waals surface area contributed by atoms with Gasteiger partial charge in [-0.1, -0.05) is 30.3 Å². The molecule has 0 amide bonds. The van der Waals surface area contributed by atoms with E-state index in [0.29, 0.717) is 0 Å². The van der Waals surface area contributed by atoms with Crippen molar-refractivity contribution < 1.29 is 4.42 Å². The molecule has 0 spiro atoms. The summed E-state index contributed by atoms with van der Waals surface area (Å²) >= 11 is 0. The highest BCUT2D eigenvalue weighted by Crippen LogP contribution is 2.43. The highest BCUT2D eigenvalue weighted by molar-refractivity contribution is 6.09. The lowest BCUT2D eigenvalue weighted by molar-refractivity contribution is 0.240. The number of anilines is 1. The van der Waals surface area contributed by atoms with Gasteiger partial charge in [0.25, 0.3) is 0 Å². The summed E-state index contributed by atoms with van der Waals surface area (Å²) in [4.78, 5) is 13.5. The maximum Gasteiger partial charge on any atom is 0.177 e. The number of aryl methyl sites for hydroxylation is 1. The minimum Gasteiger partial charge on any atom is -0.454 e. The third-order valence-corrected chi connectivity index (χ3v) is 5.37. The van der Waals surface area contributed by atoms with Crippen LogP contribution in [0.1, 0.15) is 33.3 Å². The Morgan fingerprint density at radius 1 is 1.11 bits per heavy atom. The smallest absolute Gasteiger partial charge is 0.177 e. The van der Waals surface area contributed by atoms with Crippen molar-refractivity contribution >= 4 is 40.6 Å². The molecule has 0 saturated heterocycles. The average molecular weight is 374 g/mol. The van der Waals surface area contributed by atoms with E-state index < -0.39 is 0 Å². The summed E-state index contributed by atoms with van der Waals surface area (Å²) in [6, 6.07) is 12.7.